The van der Waals surface area contributed by atoms with Crippen LogP contribution in [0.15, 0.2) is 52.5 Å². The number of imide groups is 2. The Kier molecular flexibility index (Phi) is 6.17. The Morgan fingerprint density at radius 1 is 1.11 bits per heavy atom. The summed E-state index contributed by atoms with van der Waals surface area (Å²) in [5.41, 5.74) is -0.0535. The molecule has 36 heavy (non-hydrogen) atoms. The smallest absolute Gasteiger partial charge is 0.343 e. The van der Waals surface area contributed by atoms with Gasteiger partial charge in [0.15, 0.2) is 0 Å². The summed E-state index contributed by atoms with van der Waals surface area (Å²) < 4.78 is 6.09. The SMILES string of the molecule is O=C1NC(=O)N([C@@H]2C[C@H]3CC[C@H]2C3)C(=O)/C1=C\c1cc(Br)ccc1OC(=O)c1ccc([N+](=O)[O-])cc1. The number of amides is 4. The first-order valence-electron chi connectivity index (χ1n) is 11.4. The zero-order valence-corrected chi connectivity index (χ0v) is 20.4. The Morgan fingerprint density at radius 3 is 2.50 bits per heavy atom. The van der Waals surface area contributed by atoms with E-state index in [4.69, 9.17) is 4.74 Å². The highest BCUT2D eigenvalue weighted by Crippen LogP contribution is 2.47. The number of ether oxygens (including phenoxy) is 1. The molecule has 3 aliphatic rings. The summed E-state index contributed by atoms with van der Waals surface area (Å²) in [6.45, 7) is 0. The van der Waals surface area contributed by atoms with Crippen molar-refractivity contribution < 1.29 is 28.8 Å². The molecule has 2 aromatic rings. The van der Waals surface area contributed by atoms with Crippen LogP contribution in [0.3, 0.4) is 0 Å². The number of carbonyl (C=O) groups is 4. The number of barbiturate groups is 1. The topological polar surface area (TPSA) is 136 Å². The Labute approximate surface area is 213 Å². The number of benzene rings is 2. The highest BCUT2D eigenvalue weighted by Gasteiger charge is 2.49. The van der Waals surface area contributed by atoms with Crippen LogP contribution in [0, 0.1) is 22.0 Å². The number of hydrogen-bond donors (Lipinski definition) is 1. The quantitative estimate of drug-likeness (QED) is 0.146. The van der Waals surface area contributed by atoms with Gasteiger partial charge in [-0.15, -0.1) is 0 Å². The fourth-order valence-corrected chi connectivity index (χ4v) is 5.64. The van der Waals surface area contributed by atoms with Crippen molar-refractivity contribution in [3.8, 4) is 5.75 Å². The van der Waals surface area contributed by atoms with E-state index in [0.29, 0.717) is 10.4 Å². The highest BCUT2D eigenvalue weighted by atomic mass is 79.9. The Hall–Kier alpha value is -3.86. The van der Waals surface area contributed by atoms with Gasteiger partial charge in [-0.1, -0.05) is 22.4 Å². The summed E-state index contributed by atoms with van der Waals surface area (Å²) in [5, 5.41) is 13.1. The van der Waals surface area contributed by atoms with Crippen LogP contribution in [0.4, 0.5) is 10.5 Å². The molecule has 2 bridgehead atoms. The number of nitro groups is 1. The van der Waals surface area contributed by atoms with Crippen LogP contribution in [0.5, 0.6) is 5.75 Å². The van der Waals surface area contributed by atoms with Crippen LogP contribution in [0.25, 0.3) is 6.08 Å². The van der Waals surface area contributed by atoms with E-state index in [-0.39, 0.29) is 40.1 Å². The molecule has 2 aromatic carbocycles. The van der Waals surface area contributed by atoms with E-state index in [1.807, 2.05) is 0 Å². The summed E-state index contributed by atoms with van der Waals surface area (Å²) >= 11 is 3.34. The summed E-state index contributed by atoms with van der Waals surface area (Å²) in [6.07, 6.45) is 5.05. The van der Waals surface area contributed by atoms with E-state index in [9.17, 15) is 29.3 Å². The van der Waals surface area contributed by atoms with Crippen molar-refractivity contribution in [3.05, 3.63) is 73.8 Å². The molecule has 3 fully saturated rings. The van der Waals surface area contributed by atoms with Crippen LogP contribution in [-0.2, 0) is 9.59 Å². The maximum Gasteiger partial charge on any atom is 0.343 e. The van der Waals surface area contributed by atoms with E-state index in [2.05, 4.69) is 21.2 Å². The summed E-state index contributed by atoms with van der Waals surface area (Å²) in [4.78, 5) is 62.7. The molecule has 1 saturated heterocycles. The second-order valence-corrected chi connectivity index (χ2v) is 10.0. The van der Waals surface area contributed by atoms with Gasteiger partial charge in [0.25, 0.3) is 17.5 Å². The lowest BCUT2D eigenvalue weighted by molar-refractivity contribution is -0.384. The molecular formula is C25H20BrN3O7. The Morgan fingerprint density at radius 2 is 1.86 bits per heavy atom. The molecule has 0 aromatic heterocycles. The number of esters is 1. The molecule has 0 spiro atoms. The standard InChI is InChI=1S/C25H20BrN3O7/c26-17-5-8-21(36-24(32)14-3-6-18(7-4-14)29(34)35)16(11-17)12-19-22(30)27-25(33)28(23(19)31)20-10-13-1-2-15(20)9-13/h3-8,11-13,15,20H,1-2,9-10H2,(H,27,30,33)/b19-12-/t13-,15-,20+/m0/s1. The van der Waals surface area contributed by atoms with E-state index in [1.54, 1.807) is 12.1 Å². The minimum Gasteiger partial charge on any atom is -0.422 e. The maximum atomic E-state index is 13.3. The van der Waals surface area contributed by atoms with Gasteiger partial charge >= 0.3 is 12.0 Å². The van der Waals surface area contributed by atoms with Crippen LogP contribution >= 0.6 is 15.9 Å². The van der Waals surface area contributed by atoms with Crippen molar-refractivity contribution in [2.24, 2.45) is 11.8 Å². The first-order chi connectivity index (χ1) is 17.2. The van der Waals surface area contributed by atoms with Crippen LogP contribution in [0.2, 0.25) is 0 Å². The molecule has 4 amide bonds. The molecule has 1 heterocycles. The largest absolute Gasteiger partial charge is 0.422 e. The summed E-state index contributed by atoms with van der Waals surface area (Å²) in [7, 11) is 0. The monoisotopic (exact) mass is 553 g/mol. The Balaban J connectivity index is 1.43. The highest BCUT2D eigenvalue weighted by molar-refractivity contribution is 9.10. The number of carbonyl (C=O) groups excluding carboxylic acids is 4. The van der Waals surface area contributed by atoms with E-state index >= 15 is 0 Å². The molecule has 2 saturated carbocycles. The molecule has 1 aliphatic heterocycles. The number of non-ortho nitro benzene ring substituents is 1. The average molecular weight is 554 g/mol. The molecule has 1 N–H and O–H groups in total. The third-order valence-corrected chi connectivity index (χ3v) is 7.45. The zero-order chi connectivity index (χ0) is 25.6. The van der Waals surface area contributed by atoms with Crippen molar-refractivity contribution in [2.75, 3.05) is 0 Å². The lowest BCUT2D eigenvalue weighted by Gasteiger charge is -2.35. The Bertz CT molecular complexity index is 1340. The molecule has 0 unspecified atom stereocenters. The van der Waals surface area contributed by atoms with E-state index in [0.717, 1.165) is 30.6 Å². The minimum absolute atomic E-state index is 0.0676. The second-order valence-electron chi connectivity index (χ2n) is 9.11. The van der Waals surface area contributed by atoms with Gasteiger partial charge < -0.3 is 4.74 Å². The van der Waals surface area contributed by atoms with Crippen molar-refractivity contribution in [1.29, 1.82) is 0 Å². The molecule has 0 radical (unpaired) electrons. The van der Waals surface area contributed by atoms with Gasteiger partial charge in [0, 0.05) is 28.2 Å². The molecule has 184 valence electrons. The predicted molar refractivity (Wildman–Crippen MR) is 130 cm³/mol. The van der Waals surface area contributed by atoms with Gasteiger partial charge in [-0.2, -0.15) is 0 Å². The maximum absolute atomic E-state index is 13.3. The molecule has 2 aliphatic carbocycles. The van der Waals surface area contributed by atoms with Gasteiger partial charge in [0.1, 0.15) is 11.3 Å². The molecular weight excluding hydrogens is 534 g/mol. The summed E-state index contributed by atoms with van der Waals surface area (Å²) in [5.74, 6) is -1.47. The van der Waals surface area contributed by atoms with Crippen molar-refractivity contribution in [2.45, 2.75) is 31.7 Å². The van der Waals surface area contributed by atoms with Crippen LogP contribution in [-0.4, -0.2) is 39.7 Å². The fourth-order valence-electron chi connectivity index (χ4n) is 5.26. The number of halogens is 1. The minimum atomic E-state index is -0.822. The van der Waals surface area contributed by atoms with E-state index in [1.165, 1.54) is 36.4 Å². The number of rotatable bonds is 5. The molecule has 11 heteroatoms. The fraction of sp³-hybridized carbons (Fsp3) is 0.280. The summed E-state index contributed by atoms with van der Waals surface area (Å²) in [6, 6.07) is 8.65. The molecule has 3 atom stereocenters. The van der Waals surface area contributed by atoms with Gasteiger partial charge in [0.2, 0.25) is 0 Å². The second kappa shape index (κ2) is 9.30. The van der Waals surface area contributed by atoms with Crippen LogP contribution in [0.1, 0.15) is 41.6 Å². The lowest BCUT2D eigenvalue weighted by atomic mass is 9.93. The number of nitro benzene ring substituents is 1. The predicted octanol–water partition coefficient (Wildman–Crippen LogP) is 4.23. The number of nitrogens with zero attached hydrogens (tertiary/aromatic N) is 2. The van der Waals surface area contributed by atoms with Crippen molar-refractivity contribution in [3.63, 3.8) is 0 Å². The third-order valence-electron chi connectivity index (χ3n) is 6.95. The lowest BCUT2D eigenvalue weighted by Crippen LogP contribution is -2.58. The van der Waals surface area contributed by atoms with Crippen molar-refractivity contribution in [1.82, 2.24) is 10.2 Å². The van der Waals surface area contributed by atoms with E-state index < -0.39 is 28.7 Å². The number of hydrogen-bond acceptors (Lipinski definition) is 7. The number of urea groups is 1. The third kappa shape index (κ3) is 4.41. The van der Waals surface area contributed by atoms with Gasteiger partial charge in [0.05, 0.1) is 10.5 Å². The normalized spacial score (nSPS) is 24.2. The zero-order valence-electron chi connectivity index (χ0n) is 18.8. The van der Waals surface area contributed by atoms with Crippen molar-refractivity contribution >= 4 is 51.5 Å². The molecule has 10 nitrogen and oxygen atoms in total. The first kappa shape index (κ1) is 23.9. The number of fused-ring (bicyclic) bond motifs is 2. The van der Waals surface area contributed by atoms with Crippen LogP contribution < -0.4 is 10.1 Å². The first-order valence-corrected chi connectivity index (χ1v) is 12.2. The molecule has 5 rings (SSSR count). The van der Waals surface area contributed by atoms with Gasteiger partial charge in [-0.05, 0) is 67.5 Å². The number of nitrogens with one attached hydrogen (secondary N) is 1. The average Bonchev–Trinajstić information content (AvgIpc) is 3.47. The van der Waals surface area contributed by atoms with Gasteiger partial charge in [-0.3, -0.25) is 29.9 Å². The van der Waals surface area contributed by atoms with Gasteiger partial charge in [-0.25, -0.2) is 9.59 Å².